The van der Waals surface area contributed by atoms with Gasteiger partial charge in [-0.3, -0.25) is 9.69 Å². The molecule has 1 saturated heterocycles. The first-order chi connectivity index (χ1) is 14.0. The van der Waals surface area contributed by atoms with Crippen molar-refractivity contribution in [2.45, 2.75) is 24.4 Å². The lowest BCUT2D eigenvalue weighted by atomic mass is 9.73. The molecule has 3 N–H and O–H groups in total. The molecule has 2 aliphatic rings. The first-order valence-electron chi connectivity index (χ1n) is 9.59. The summed E-state index contributed by atoms with van der Waals surface area (Å²) in [5.74, 6) is 0.732. The molecule has 4 rings (SSSR count). The average Bonchev–Trinajstić information content (AvgIpc) is 3.00. The summed E-state index contributed by atoms with van der Waals surface area (Å²) in [6.45, 7) is 2.35. The van der Waals surface area contributed by atoms with Crippen LogP contribution in [0.3, 0.4) is 0 Å². The van der Waals surface area contributed by atoms with E-state index >= 15 is 0 Å². The number of rotatable bonds is 6. The van der Waals surface area contributed by atoms with Gasteiger partial charge in [0, 0.05) is 17.3 Å². The van der Waals surface area contributed by atoms with Gasteiger partial charge in [0.05, 0.1) is 24.4 Å². The van der Waals surface area contributed by atoms with Gasteiger partial charge in [-0.1, -0.05) is 11.6 Å². The summed E-state index contributed by atoms with van der Waals surface area (Å²) in [6, 6.07) is 5.58. The fourth-order valence-corrected chi connectivity index (χ4v) is 4.16. The van der Waals surface area contributed by atoms with Gasteiger partial charge in [-0.2, -0.15) is 0 Å². The molecule has 2 aromatic rings. The number of nitrogens with one attached hydrogen (secondary N) is 1. The molecular formula is C20H23ClN4O4. The van der Waals surface area contributed by atoms with Crippen molar-refractivity contribution in [3.05, 3.63) is 47.0 Å². The molecule has 2 aliphatic heterocycles. The van der Waals surface area contributed by atoms with E-state index in [0.29, 0.717) is 17.4 Å². The highest BCUT2D eigenvalue weighted by Crippen LogP contribution is 2.45. The number of fused-ring (bicyclic) bond motifs is 2. The van der Waals surface area contributed by atoms with Crippen LogP contribution in [0.15, 0.2) is 30.6 Å². The Balaban J connectivity index is 1.30. The lowest BCUT2D eigenvalue weighted by molar-refractivity contribution is -0.122. The molecule has 8 nitrogen and oxygen atoms in total. The van der Waals surface area contributed by atoms with Gasteiger partial charge in [-0.15, -0.1) is 0 Å². The SMILES string of the molecule is O=C1Nc2ccc(Cl)cc2C12CCN(CCOc1cnc([C@H](O)CO)nc1)CC2. The third kappa shape index (κ3) is 3.93. The first kappa shape index (κ1) is 20.0. The minimum atomic E-state index is -1.09. The van der Waals surface area contributed by atoms with Crippen LogP contribution < -0.4 is 10.1 Å². The molecule has 0 saturated carbocycles. The molecule has 29 heavy (non-hydrogen) atoms. The molecule has 0 unspecified atom stereocenters. The summed E-state index contributed by atoms with van der Waals surface area (Å²) in [4.78, 5) is 22.9. The van der Waals surface area contributed by atoms with Crippen molar-refractivity contribution in [3.8, 4) is 5.75 Å². The number of aliphatic hydroxyl groups excluding tert-OH is 2. The normalized spacial score (nSPS) is 19.1. The van der Waals surface area contributed by atoms with Crippen molar-refractivity contribution < 1.29 is 19.7 Å². The third-order valence-corrected chi connectivity index (χ3v) is 5.92. The largest absolute Gasteiger partial charge is 0.489 e. The van der Waals surface area contributed by atoms with Gasteiger partial charge in [-0.05, 0) is 49.7 Å². The van der Waals surface area contributed by atoms with Gasteiger partial charge in [0.25, 0.3) is 0 Å². The number of benzene rings is 1. The van der Waals surface area contributed by atoms with Crippen LogP contribution in [0.5, 0.6) is 5.75 Å². The molecular weight excluding hydrogens is 396 g/mol. The van der Waals surface area contributed by atoms with Crippen molar-refractivity contribution >= 4 is 23.2 Å². The van der Waals surface area contributed by atoms with E-state index in [4.69, 9.17) is 21.4 Å². The van der Waals surface area contributed by atoms with Crippen molar-refractivity contribution in [1.82, 2.24) is 14.9 Å². The van der Waals surface area contributed by atoms with Crippen molar-refractivity contribution in [3.63, 3.8) is 0 Å². The summed E-state index contributed by atoms with van der Waals surface area (Å²) >= 11 is 6.16. The Morgan fingerprint density at radius 2 is 2.00 bits per heavy atom. The monoisotopic (exact) mass is 418 g/mol. The van der Waals surface area contributed by atoms with Crippen LogP contribution in [-0.2, 0) is 10.2 Å². The Kier molecular flexibility index (Phi) is 5.69. The second-order valence-corrected chi connectivity index (χ2v) is 7.83. The maximum atomic E-state index is 12.7. The number of halogens is 1. The van der Waals surface area contributed by atoms with Crippen LogP contribution in [0, 0.1) is 0 Å². The summed E-state index contributed by atoms with van der Waals surface area (Å²) in [7, 11) is 0. The van der Waals surface area contributed by atoms with E-state index in [1.165, 1.54) is 12.4 Å². The molecule has 1 spiro atoms. The molecule has 3 heterocycles. The Hall–Kier alpha value is -2.26. The van der Waals surface area contributed by atoms with E-state index in [2.05, 4.69) is 20.2 Å². The van der Waals surface area contributed by atoms with Gasteiger partial charge >= 0.3 is 0 Å². The predicted molar refractivity (Wildman–Crippen MR) is 107 cm³/mol. The molecule has 1 fully saturated rings. The van der Waals surface area contributed by atoms with E-state index < -0.39 is 18.1 Å². The van der Waals surface area contributed by atoms with Gasteiger partial charge in [-0.25, -0.2) is 9.97 Å². The van der Waals surface area contributed by atoms with Crippen LogP contribution in [0.4, 0.5) is 5.69 Å². The number of piperidine rings is 1. The molecule has 0 radical (unpaired) electrons. The number of carbonyl (C=O) groups is 1. The molecule has 0 aliphatic carbocycles. The summed E-state index contributed by atoms with van der Waals surface area (Å²) in [5, 5.41) is 22.0. The van der Waals surface area contributed by atoms with Crippen LogP contribution in [-0.4, -0.2) is 63.8 Å². The number of amides is 1. The Bertz CT molecular complexity index is 885. The zero-order chi connectivity index (χ0) is 20.4. The minimum absolute atomic E-state index is 0.0629. The Morgan fingerprint density at radius 1 is 1.28 bits per heavy atom. The topological polar surface area (TPSA) is 108 Å². The van der Waals surface area contributed by atoms with Gasteiger partial charge in [0.15, 0.2) is 11.6 Å². The molecule has 9 heteroatoms. The van der Waals surface area contributed by atoms with E-state index in [0.717, 1.165) is 43.7 Å². The maximum absolute atomic E-state index is 12.7. The average molecular weight is 419 g/mol. The zero-order valence-electron chi connectivity index (χ0n) is 15.8. The maximum Gasteiger partial charge on any atom is 0.235 e. The summed E-state index contributed by atoms with van der Waals surface area (Å²) in [6.07, 6.45) is 3.36. The smallest absolute Gasteiger partial charge is 0.235 e. The number of carbonyl (C=O) groups excluding carboxylic acids is 1. The van der Waals surface area contributed by atoms with Gasteiger partial charge < -0.3 is 20.3 Å². The second-order valence-electron chi connectivity index (χ2n) is 7.39. The van der Waals surface area contributed by atoms with E-state index in [1.807, 2.05) is 12.1 Å². The number of ether oxygens (including phenoxy) is 1. The zero-order valence-corrected chi connectivity index (χ0v) is 16.6. The first-order valence-corrected chi connectivity index (χ1v) is 9.97. The quantitative estimate of drug-likeness (QED) is 0.652. The van der Waals surface area contributed by atoms with Gasteiger partial charge in [0.2, 0.25) is 5.91 Å². The van der Waals surface area contributed by atoms with Crippen LogP contribution in [0.2, 0.25) is 5.02 Å². The highest BCUT2D eigenvalue weighted by Gasteiger charge is 2.48. The minimum Gasteiger partial charge on any atom is -0.489 e. The Morgan fingerprint density at radius 3 is 2.69 bits per heavy atom. The predicted octanol–water partition coefficient (Wildman–Crippen LogP) is 1.52. The summed E-state index contributed by atoms with van der Waals surface area (Å²) in [5.41, 5.74) is 1.38. The number of aromatic nitrogens is 2. The summed E-state index contributed by atoms with van der Waals surface area (Å²) < 4.78 is 5.68. The number of hydrogen-bond donors (Lipinski definition) is 3. The molecule has 1 amide bonds. The van der Waals surface area contributed by atoms with Crippen molar-refractivity contribution in [2.75, 3.05) is 38.2 Å². The highest BCUT2D eigenvalue weighted by molar-refractivity contribution is 6.31. The van der Waals surface area contributed by atoms with Crippen LogP contribution >= 0.6 is 11.6 Å². The van der Waals surface area contributed by atoms with E-state index in [9.17, 15) is 9.90 Å². The van der Waals surface area contributed by atoms with Crippen LogP contribution in [0.25, 0.3) is 0 Å². The lowest BCUT2D eigenvalue weighted by Gasteiger charge is -2.37. The standard InChI is InChI=1S/C20H23ClN4O4/c21-13-1-2-16-15(9-13)20(19(28)24-16)3-5-25(6-4-20)7-8-29-14-10-22-18(23-11-14)17(27)12-26/h1-2,9-11,17,26-27H,3-8,12H2,(H,24,28)/t17-/m1/s1. The van der Waals surface area contributed by atoms with Crippen molar-refractivity contribution in [2.24, 2.45) is 0 Å². The van der Waals surface area contributed by atoms with Crippen molar-refractivity contribution in [1.29, 1.82) is 0 Å². The molecule has 1 aromatic carbocycles. The molecule has 1 atom stereocenters. The lowest BCUT2D eigenvalue weighted by Crippen LogP contribution is -2.47. The van der Waals surface area contributed by atoms with Crippen LogP contribution in [0.1, 0.15) is 30.3 Å². The Labute approximate surface area is 173 Å². The number of anilines is 1. The molecule has 0 bridgehead atoms. The number of nitrogens with zero attached hydrogens (tertiary/aromatic N) is 3. The van der Waals surface area contributed by atoms with E-state index in [-0.39, 0.29) is 11.7 Å². The number of likely N-dealkylation sites (tertiary alicyclic amines) is 1. The van der Waals surface area contributed by atoms with Gasteiger partial charge in [0.1, 0.15) is 12.7 Å². The van der Waals surface area contributed by atoms with E-state index in [1.54, 1.807) is 6.07 Å². The molecule has 1 aromatic heterocycles. The fraction of sp³-hybridized carbons (Fsp3) is 0.450. The fourth-order valence-electron chi connectivity index (χ4n) is 3.99. The second kappa shape index (κ2) is 8.23. The molecule has 154 valence electrons. The number of aliphatic hydroxyl groups is 2. The third-order valence-electron chi connectivity index (χ3n) is 5.68. The highest BCUT2D eigenvalue weighted by atomic mass is 35.5. The number of hydrogen-bond acceptors (Lipinski definition) is 7.